The Morgan fingerprint density at radius 3 is 2.95 bits per heavy atom. The molecule has 8 heteroatoms. The Hall–Kier alpha value is -2.38. The van der Waals surface area contributed by atoms with Crippen LogP contribution in [0.1, 0.15) is 19.3 Å². The molecule has 2 aliphatic rings. The molecule has 0 saturated carbocycles. The quantitative estimate of drug-likeness (QED) is 0.611. The lowest BCUT2D eigenvalue weighted by Crippen LogP contribution is -2.54. The third-order valence-corrected chi connectivity index (χ3v) is 4.23. The molecule has 0 aliphatic carbocycles. The molecule has 0 radical (unpaired) electrons. The van der Waals surface area contributed by atoms with E-state index in [0.29, 0.717) is 18.2 Å². The number of carbonyl (C=O) groups is 1. The molecule has 2 atom stereocenters. The summed E-state index contributed by atoms with van der Waals surface area (Å²) >= 11 is 0. The lowest BCUT2D eigenvalue weighted by molar-refractivity contribution is -0.384. The van der Waals surface area contributed by atoms with E-state index in [1.165, 1.54) is 6.07 Å². The Balaban J connectivity index is 1.75. The van der Waals surface area contributed by atoms with E-state index in [2.05, 4.69) is 15.2 Å². The second kappa shape index (κ2) is 5.19. The summed E-state index contributed by atoms with van der Waals surface area (Å²) in [6, 6.07) is 3.26. The summed E-state index contributed by atoms with van der Waals surface area (Å²) in [6.45, 7) is 1.54. The first-order chi connectivity index (χ1) is 10.0. The van der Waals surface area contributed by atoms with Crippen LogP contribution in [0.2, 0.25) is 0 Å². The van der Waals surface area contributed by atoms with Crippen LogP contribution in [0.5, 0.6) is 0 Å². The molecule has 0 aromatic carbocycles. The number of hydrogen-bond acceptors (Lipinski definition) is 6. The number of aromatic nitrogens is 1. The van der Waals surface area contributed by atoms with Gasteiger partial charge in [-0.25, -0.2) is 4.98 Å². The second-order valence-corrected chi connectivity index (χ2v) is 5.54. The van der Waals surface area contributed by atoms with Gasteiger partial charge in [-0.1, -0.05) is 0 Å². The molecule has 112 valence electrons. The van der Waals surface area contributed by atoms with E-state index in [0.717, 1.165) is 25.9 Å². The number of nitrogens with zero attached hydrogens (tertiary/aromatic N) is 3. The van der Waals surface area contributed by atoms with Crippen molar-refractivity contribution in [1.29, 1.82) is 0 Å². The highest BCUT2D eigenvalue weighted by Gasteiger charge is 2.34. The summed E-state index contributed by atoms with van der Waals surface area (Å²) in [5.41, 5.74) is 5.47. The van der Waals surface area contributed by atoms with E-state index < -0.39 is 4.92 Å². The predicted octanol–water partition coefficient (Wildman–Crippen LogP) is 0.677. The molecule has 3 N–H and O–H groups in total. The standard InChI is InChI=1S/C13H17N5O3/c14-13-10(18(20)21)2-3-11(16-13)17-6-5-9-8(7-17)1-4-12(19)15-9/h2-3,8-9H,1,4-7H2,(H2,14,16)(H,15,19). The number of carbonyl (C=O) groups excluding carboxylic acids is 1. The Labute approximate surface area is 121 Å². The van der Waals surface area contributed by atoms with E-state index in [1.807, 2.05) is 0 Å². The van der Waals surface area contributed by atoms with Gasteiger partial charge < -0.3 is 16.0 Å². The summed E-state index contributed by atoms with van der Waals surface area (Å²) in [6.07, 6.45) is 2.29. The van der Waals surface area contributed by atoms with E-state index >= 15 is 0 Å². The second-order valence-electron chi connectivity index (χ2n) is 5.54. The average molecular weight is 291 g/mol. The van der Waals surface area contributed by atoms with Gasteiger partial charge in [0, 0.05) is 31.6 Å². The molecule has 1 aromatic heterocycles. The first kappa shape index (κ1) is 13.6. The van der Waals surface area contributed by atoms with Gasteiger partial charge in [0.15, 0.2) is 0 Å². The molecule has 21 heavy (non-hydrogen) atoms. The van der Waals surface area contributed by atoms with Crippen LogP contribution in [-0.2, 0) is 4.79 Å². The van der Waals surface area contributed by atoms with Crippen molar-refractivity contribution >= 4 is 23.2 Å². The molecule has 2 fully saturated rings. The van der Waals surface area contributed by atoms with Gasteiger partial charge >= 0.3 is 5.69 Å². The van der Waals surface area contributed by atoms with Crippen LogP contribution in [0, 0.1) is 16.0 Å². The maximum atomic E-state index is 11.4. The topological polar surface area (TPSA) is 114 Å². The van der Waals surface area contributed by atoms with Gasteiger partial charge in [-0.05, 0) is 24.8 Å². The van der Waals surface area contributed by atoms with Gasteiger partial charge in [-0.2, -0.15) is 0 Å². The van der Waals surface area contributed by atoms with Crippen LogP contribution < -0.4 is 16.0 Å². The molecule has 3 rings (SSSR count). The lowest BCUT2D eigenvalue weighted by atomic mass is 9.85. The third-order valence-electron chi connectivity index (χ3n) is 4.23. The van der Waals surface area contributed by atoms with Crippen LogP contribution in [0.3, 0.4) is 0 Å². The molecule has 8 nitrogen and oxygen atoms in total. The van der Waals surface area contributed by atoms with Crippen molar-refractivity contribution < 1.29 is 9.72 Å². The van der Waals surface area contributed by atoms with Crippen LogP contribution in [0.25, 0.3) is 0 Å². The van der Waals surface area contributed by atoms with Gasteiger partial charge in [0.25, 0.3) is 0 Å². The first-order valence-electron chi connectivity index (χ1n) is 7.00. The van der Waals surface area contributed by atoms with Gasteiger partial charge in [0.1, 0.15) is 5.82 Å². The smallest absolute Gasteiger partial charge is 0.311 e. The van der Waals surface area contributed by atoms with E-state index in [4.69, 9.17) is 5.73 Å². The van der Waals surface area contributed by atoms with Crippen molar-refractivity contribution in [3.05, 3.63) is 22.2 Å². The molecule has 1 aromatic rings. The van der Waals surface area contributed by atoms with Gasteiger partial charge in [0.2, 0.25) is 11.7 Å². The average Bonchev–Trinajstić information content (AvgIpc) is 2.46. The zero-order valence-electron chi connectivity index (χ0n) is 11.5. The molecular weight excluding hydrogens is 274 g/mol. The SMILES string of the molecule is Nc1nc(N2CCC3NC(=O)CCC3C2)ccc1[N+](=O)[O-]. The van der Waals surface area contributed by atoms with Crippen molar-refractivity contribution in [2.75, 3.05) is 23.7 Å². The Morgan fingerprint density at radius 2 is 2.24 bits per heavy atom. The first-order valence-corrected chi connectivity index (χ1v) is 7.00. The lowest BCUT2D eigenvalue weighted by Gasteiger charge is -2.41. The summed E-state index contributed by atoms with van der Waals surface area (Å²) in [5.74, 6) is 1.13. The minimum atomic E-state index is -0.533. The van der Waals surface area contributed by atoms with Gasteiger partial charge in [-0.15, -0.1) is 0 Å². The number of nitrogen functional groups attached to an aromatic ring is 1. The predicted molar refractivity (Wildman–Crippen MR) is 76.8 cm³/mol. The summed E-state index contributed by atoms with van der Waals surface area (Å²) in [4.78, 5) is 27.9. The Kier molecular flexibility index (Phi) is 3.36. The van der Waals surface area contributed by atoms with Crippen molar-refractivity contribution in [3.63, 3.8) is 0 Å². The fourth-order valence-electron chi connectivity index (χ4n) is 3.11. The molecule has 3 heterocycles. The van der Waals surface area contributed by atoms with Crippen LogP contribution in [0.4, 0.5) is 17.3 Å². The van der Waals surface area contributed by atoms with Crippen LogP contribution in [0.15, 0.2) is 12.1 Å². The highest BCUT2D eigenvalue weighted by molar-refractivity contribution is 5.77. The summed E-state index contributed by atoms with van der Waals surface area (Å²) < 4.78 is 0. The largest absolute Gasteiger partial charge is 0.378 e. The number of nitro groups is 1. The fraction of sp³-hybridized carbons (Fsp3) is 0.538. The monoisotopic (exact) mass is 291 g/mol. The molecule has 1 amide bonds. The summed E-state index contributed by atoms with van der Waals surface area (Å²) in [5, 5.41) is 13.8. The normalized spacial score (nSPS) is 25.1. The Morgan fingerprint density at radius 1 is 1.43 bits per heavy atom. The fourth-order valence-corrected chi connectivity index (χ4v) is 3.11. The molecule has 2 unspecified atom stereocenters. The molecule has 0 bridgehead atoms. The van der Waals surface area contributed by atoms with Crippen molar-refractivity contribution in [3.8, 4) is 0 Å². The molecule has 0 spiro atoms. The van der Waals surface area contributed by atoms with E-state index in [-0.39, 0.29) is 23.5 Å². The van der Waals surface area contributed by atoms with Crippen LogP contribution in [-0.4, -0.2) is 34.9 Å². The molecule has 2 aliphatic heterocycles. The number of nitrogens with two attached hydrogens (primary N) is 1. The third kappa shape index (κ3) is 2.61. The molecular formula is C13H17N5O3. The highest BCUT2D eigenvalue weighted by Crippen LogP contribution is 2.29. The number of amides is 1. The Bertz CT molecular complexity index is 591. The number of hydrogen-bond donors (Lipinski definition) is 2. The number of nitrogens with one attached hydrogen (secondary N) is 1. The highest BCUT2D eigenvalue weighted by atomic mass is 16.6. The minimum Gasteiger partial charge on any atom is -0.378 e. The minimum absolute atomic E-state index is 0.0587. The van der Waals surface area contributed by atoms with Gasteiger partial charge in [0.05, 0.1) is 4.92 Å². The van der Waals surface area contributed by atoms with Crippen molar-refractivity contribution in [2.24, 2.45) is 5.92 Å². The summed E-state index contributed by atoms with van der Waals surface area (Å²) in [7, 11) is 0. The van der Waals surface area contributed by atoms with Crippen molar-refractivity contribution in [2.45, 2.75) is 25.3 Å². The van der Waals surface area contributed by atoms with Gasteiger partial charge in [-0.3, -0.25) is 14.9 Å². The maximum Gasteiger partial charge on any atom is 0.311 e. The number of rotatable bonds is 2. The number of fused-ring (bicyclic) bond motifs is 1. The van der Waals surface area contributed by atoms with E-state index in [1.54, 1.807) is 6.07 Å². The van der Waals surface area contributed by atoms with E-state index in [9.17, 15) is 14.9 Å². The number of anilines is 2. The van der Waals surface area contributed by atoms with Crippen LogP contribution >= 0.6 is 0 Å². The maximum absolute atomic E-state index is 11.4. The zero-order chi connectivity index (χ0) is 15.0. The van der Waals surface area contributed by atoms with Crippen molar-refractivity contribution in [1.82, 2.24) is 10.3 Å². The number of pyridine rings is 1. The zero-order valence-corrected chi connectivity index (χ0v) is 11.5. The number of piperidine rings is 2. The molecule has 2 saturated heterocycles.